The van der Waals surface area contributed by atoms with Crippen molar-refractivity contribution in [3.8, 4) is 0 Å². The van der Waals surface area contributed by atoms with Crippen LogP contribution < -0.4 is 5.32 Å². The number of carbonyl (C=O) groups is 3. The van der Waals surface area contributed by atoms with E-state index in [0.717, 1.165) is 35.1 Å². The zero-order valence-electron chi connectivity index (χ0n) is 17.6. The molecule has 0 heterocycles. The van der Waals surface area contributed by atoms with Crippen LogP contribution in [0.3, 0.4) is 0 Å². The Morgan fingerprint density at radius 3 is 2.29 bits per heavy atom. The van der Waals surface area contributed by atoms with Crippen LogP contribution in [0.5, 0.6) is 0 Å². The van der Waals surface area contributed by atoms with Crippen molar-refractivity contribution in [2.24, 2.45) is 0 Å². The van der Waals surface area contributed by atoms with Gasteiger partial charge in [0.15, 0.2) is 6.61 Å². The highest BCUT2D eigenvalue weighted by Crippen LogP contribution is 2.33. The minimum absolute atomic E-state index is 0.193. The zero-order valence-corrected chi connectivity index (χ0v) is 19.2. The molecule has 174 valence electrons. The predicted octanol–water partition coefficient (Wildman–Crippen LogP) is 4.98. The molecular formula is C23H17ClN2O7S. The van der Waals surface area contributed by atoms with E-state index in [9.17, 15) is 24.5 Å². The van der Waals surface area contributed by atoms with Crippen LogP contribution in [0, 0.1) is 10.1 Å². The van der Waals surface area contributed by atoms with Gasteiger partial charge in [-0.15, -0.1) is 0 Å². The number of benzene rings is 3. The molecule has 3 aromatic carbocycles. The van der Waals surface area contributed by atoms with Crippen molar-refractivity contribution >= 4 is 52.6 Å². The second-order valence-corrected chi connectivity index (χ2v) is 8.25. The Labute approximate surface area is 203 Å². The fourth-order valence-corrected chi connectivity index (χ4v) is 3.79. The number of methoxy groups -OCH3 is 1. The van der Waals surface area contributed by atoms with E-state index >= 15 is 0 Å². The van der Waals surface area contributed by atoms with Gasteiger partial charge in [0.05, 0.1) is 28.8 Å². The molecule has 0 atom stereocenters. The van der Waals surface area contributed by atoms with Gasteiger partial charge in [-0.3, -0.25) is 14.9 Å². The Balaban J connectivity index is 1.67. The number of para-hydroxylation sites is 1. The summed E-state index contributed by atoms with van der Waals surface area (Å²) < 4.78 is 9.53. The molecule has 1 amide bonds. The zero-order chi connectivity index (χ0) is 24.7. The highest BCUT2D eigenvalue weighted by Gasteiger charge is 2.20. The molecule has 0 saturated heterocycles. The molecule has 9 nitrogen and oxygen atoms in total. The molecule has 0 bridgehead atoms. The quantitative estimate of drug-likeness (QED) is 0.261. The van der Waals surface area contributed by atoms with Crippen molar-refractivity contribution in [2.45, 2.75) is 9.79 Å². The van der Waals surface area contributed by atoms with Crippen LogP contribution in [0.4, 0.5) is 11.4 Å². The second-order valence-electron chi connectivity index (χ2n) is 6.69. The third-order valence-corrected chi connectivity index (χ3v) is 5.66. The average molecular weight is 501 g/mol. The lowest BCUT2D eigenvalue weighted by Crippen LogP contribution is -2.21. The molecule has 0 unspecified atom stereocenters. The van der Waals surface area contributed by atoms with Crippen molar-refractivity contribution < 1.29 is 28.8 Å². The standard InChI is InChI=1S/C23H17ClN2O7S/c1-32-22(28)14-10-15(12-17(11-14)26(30)31)23(29)33-13-21(27)25-19-4-2-3-5-20(19)34-18-8-6-16(24)7-9-18/h2-12H,13H2,1H3,(H,25,27). The Morgan fingerprint density at radius 2 is 1.65 bits per heavy atom. The third kappa shape index (κ3) is 6.56. The molecule has 0 saturated carbocycles. The Morgan fingerprint density at radius 1 is 1.00 bits per heavy atom. The lowest BCUT2D eigenvalue weighted by molar-refractivity contribution is -0.384. The number of nitrogens with zero attached hydrogens (tertiary/aromatic N) is 1. The molecule has 11 heteroatoms. The van der Waals surface area contributed by atoms with Gasteiger partial charge in [-0.1, -0.05) is 35.5 Å². The first-order valence-electron chi connectivity index (χ1n) is 9.64. The summed E-state index contributed by atoms with van der Waals surface area (Å²) in [5, 5.41) is 14.4. The molecule has 0 spiro atoms. The van der Waals surface area contributed by atoms with Crippen LogP contribution >= 0.6 is 23.4 Å². The van der Waals surface area contributed by atoms with Crippen LogP contribution in [-0.2, 0) is 14.3 Å². The summed E-state index contributed by atoms with van der Waals surface area (Å²) in [5.74, 6) is -2.48. The van der Waals surface area contributed by atoms with E-state index in [1.54, 1.807) is 24.3 Å². The normalized spacial score (nSPS) is 10.3. The van der Waals surface area contributed by atoms with Gasteiger partial charge in [-0.05, 0) is 42.5 Å². The molecule has 34 heavy (non-hydrogen) atoms. The highest BCUT2D eigenvalue weighted by atomic mass is 35.5. The molecule has 0 aliphatic heterocycles. The van der Waals surface area contributed by atoms with E-state index in [0.29, 0.717) is 10.7 Å². The van der Waals surface area contributed by atoms with Crippen LogP contribution in [0.15, 0.2) is 76.5 Å². The second kappa shape index (κ2) is 11.3. The molecule has 3 rings (SSSR count). The van der Waals surface area contributed by atoms with Gasteiger partial charge in [-0.2, -0.15) is 0 Å². The number of hydrogen-bond acceptors (Lipinski definition) is 8. The van der Waals surface area contributed by atoms with Crippen LogP contribution in [0.1, 0.15) is 20.7 Å². The van der Waals surface area contributed by atoms with Gasteiger partial charge >= 0.3 is 11.9 Å². The van der Waals surface area contributed by atoms with E-state index in [2.05, 4.69) is 10.1 Å². The SMILES string of the molecule is COC(=O)c1cc(C(=O)OCC(=O)Nc2ccccc2Sc2ccc(Cl)cc2)cc([N+](=O)[O-])c1. The predicted molar refractivity (Wildman–Crippen MR) is 125 cm³/mol. The van der Waals surface area contributed by atoms with E-state index in [1.807, 2.05) is 24.3 Å². The first-order valence-corrected chi connectivity index (χ1v) is 10.8. The smallest absolute Gasteiger partial charge is 0.338 e. The average Bonchev–Trinajstić information content (AvgIpc) is 2.84. The number of non-ortho nitro benzene ring substituents is 1. The number of halogens is 1. The van der Waals surface area contributed by atoms with Crippen molar-refractivity contribution in [3.63, 3.8) is 0 Å². The molecule has 3 aromatic rings. The van der Waals surface area contributed by atoms with Gasteiger partial charge in [0.2, 0.25) is 0 Å². The lowest BCUT2D eigenvalue weighted by atomic mass is 10.1. The van der Waals surface area contributed by atoms with Crippen LogP contribution in [-0.4, -0.2) is 36.5 Å². The lowest BCUT2D eigenvalue weighted by Gasteiger charge is -2.11. The van der Waals surface area contributed by atoms with Gasteiger partial charge in [0.25, 0.3) is 11.6 Å². The van der Waals surface area contributed by atoms with Crippen molar-refractivity contribution in [1.82, 2.24) is 0 Å². The number of rotatable bonds is 8. The topological polar surface area (TPSA) is 125 Å². The van der Waals surface area contributed by atoms with Crippen LogP contribution in [0.2, 0.25) is 5.02 Å². The van der Waals surface area contributed by atoms with E-state index in [4.69, 9.17) is 16.3 Å². The number of nitrogens with one attached hydrogen (secondary N) is 1. The Hall–Kier alpha value is -3.89. The number of carbonyl (C=O) groups excluding carboxylic acids is 3. The molecule has 0 aromatic heterocycles. The summed E-state index contributed by atoms with van der Waals surface area (Å²) in [6.45, 7) is -0.644. The summed E-state index contributed by atoms with van der Waals surface area (Å²) >= 11 is 7.32. The highest BCUT2D eigenvalue weighted by molar-refractivity contribution is 7.99. The maximum Gasteiger partial charge on any atom is 0.338 e. The number of ether oxygens (including phenoxy) is 2. The summed E-state index contributed by atoms with van der Waals surface area (Å²) in [6.07, 6.45) is 0. The third-order valence-electron chi connectivity index (χ3n) is 4.32. The minimum Gasteiger partial charge on any atom is -0.465 e. The van der Waals surface area contributed by atoms with E-state index in [-0.39, 0.29) is 11.1 Å². The fourth-order valence-electron chi connectivity index (χ4n) is 2.76. The first kappa shape index (κ1) is 24.7. The number of hydrogen-bond donors (Lipinski definition) is 1. The van der Waals surface area contributed by atoms with Crippen molar-refractivity contribution in [1.29, 1.82) is 0 Å². The molecule has 0 aliphatic rings. The summed E-state index contributed by atoms with van der Waals surface area (Å²) in [5.41, 5.74) is -0.443. The summed E-state index contributed by atoms with van der Waals surface area (Å²) in [7, 11) is 1.10. The van der Waals surface area contributed by atoms with Gasteiger partial charge in [0.1, 0.15) is 0 Å². The van der Waals surface area contributed by atoms with Gasteiger partial charge < -0.3 is 14.8 Å². The Bertz CT molecular complexity index is 1250. The molecule has 0 radical (unpaired) electrons. The maximum atomic E-state index is 12.4. The van der Waals surface area contributed by atoms with Crippen molar-refractivity contribution in [3.05, 3.63) is 93.0 Å². The molecule has 1 N–H and O–H groups in total. The number of nitro groups is 1. The number of amides is 1. The van der Waals surface area contributed by atoms with E-state index < -0.39 is 35.1 Å². The van der Waals surface area contributed by atoms with E-state index in [1.165, 1.54) is 11.8 Å². The largest absolute Gasteiger partial charge is 0.465 e. The number of nitro benzene ring substituents is 1. The first-order chi connectivity index (χ1) is 16.3. The Kier molecular flexibility index (Phi) is 8.23. The summed E-state index contributed by atoms with van der Waals surface area (Å²) in [4.78, 5) is 48.5. The molecule has 0 fully saturated rings. The minimum atomic E-state index is -1.01. The fraction of sp³-hybridized carbons (Fsp3) is 0.0870. The van der Waals surface area contributed by atoms with Gasteiger partial charge in [0, 0.05) is 26.9 Å². The van der Waals surface area contributed by atoms with Crippen molar-refractivity contribution in [2.75, 3.05) is 19.0 Å². The van der Waals surface area contributed by atoms with Crippen LogP contribution in [0.25, 0.3) is 0 Å². The maximum absolute atomic E-state index is 12.4. The summed E-state index contributed by atoms with van der Waals surface area (Å²) in [6, 6.07) is 17.3. The molecule has 0 aliphatic carbocycles. The number of anilines is 1. The number of esters is 2. The monoisotopic (exact) mass is 500 g/mol. The van der Waals surface area contributed by atoms with Gasteiger partial charge in [-0.25, -0.2) is 9.59 Å². The molecular weight excluding hydrogens is 484 g/mol.